The molecule has 0 spiro atoms. The number of nitrogens with one attached hydrogen (secondary N) is 2. The van der Waals surface area contributed by atoms with Crippen LogP contribution in [0.4, 0.5) is 0 Å². The third-order valence-electron chi connectivity index (χ3n) is 3.03. The summed E-state index contributed by atoms with van der Waals surface area (Å²) in [7, 11) is 4.15. The Morgan fingerprint density at radius 3 is 2.38 bits per heavy atom. The molecule has 0 saturated heterocycles. The van der Waals surface area contributed by atoms with Crippen LogP contribution in [-0.2, 0) is 0 Å². The fraction of sp³-hybridized carbons (Fsp3) is 0.917. The Morgan fingerprint density at radius 2 is 1.81 bits per heavy atom. The second kappa shape index (κ2) is 7.85. The van der Waals surface area contributed by atoms with Gasteiger partial charge in [0.2, 0.25) is 0 Å². The standard InChI is InChI=1S/C12H25N3S/c1-15(2)10-9-13-12(16)14-11-7-5-3-4-6-8-11/h11H,3-10H2,1-2H3,(H2,13,14,16). The lowest BCUT2D eigenvalue weighted by atomic mass is 10.1. The number of likely N-dealkylation sites (N-methyl/N-ethyl adjacent to an activating group) is 1. The zero-order valence-corrected chi connectivity index (χ0v) is 11.4. The Labute approximate surface area is 105 Å². The van der Waals surface area contributed by atoms with E-state index >= 15 is 0 Å². The smallest absolute Gasteiger partial charge is 0.166 e. The van der Waals surface area contributed by atoms with E-state index in [9.17, 15) is 0 Å². The molecule has 1 rings (SSSR count). The van der Waals surface area contributed by atoms with Crippen molar-refractivity contribution in [2.45, 2.75) is 44.6 Å². The van der Waals surface area contributed by atoms with Crippen molar-refractivity contribution in [3.05, 3.63) is 0 Å². The number of thiocarbonyl (C=S) groups is 1. The molecule has 1 saturated carbocycles. The topological polar surface area (TPSA) is 27.3 Å². The van der Waals surface area contributed by atoms with E-state index in [1.807, 2.05) is 0 Å². The van der Waals surface area contributed by atoms with Crippen LogP contribution in [0.25, 0.3) is 0 Å². The summed E-state index contributed by atoms with van der Waals surface area (Å²) < 4.78 is 0. The average Bonchev–Trinajstić information content (AvgIpc) is 2.45. The number of hydrogen-bond donors (Lipinski definition) is 2. The summed E-state index contributed by atoms with van der Waals surface area (Å²) in [4.78, 5) is 2.15. The maximum absolute atomic E-state index is 5.29. The number of rotatable bonds is 4. The SMILES string of the molecule is CN(C)CCNC(=S)NC1CCCCCC1. The van der Waals surface area contributed by atoms with Gasteiger partial charge in [0.15, 0.2) is 5.11 Å². The van der Waals surface area contributed by atoms with Crippen LogP contribution in [0.3, 0.4) is 0 Å². The molecular weight excluding hydrogens is 218 g/mol. The van der Waals surface area contributed by atoms with Gasteiger partial charge in [-0.1, -0.05) is 25.7 Å². The minimum absolute atomic E-state index is 0.599. The van der Waals surface area contributed by atoms with Gasteiger partial charge in [0, 0.05) is 19.1 Å². The highest BCUT2D eigenvalue weighted by Gasteiger charge is 2.12. The lowest BCUT2D eigenvalue weighted by molar-refractivity contribution is 0.411. The molecule has 2 N–H and O–H groups in total. The van der Waals surface area contributed by atoms with E-state index in [0.717, 1.165) is 18.2 Å². The van der Waals surface area contributed by atoms with Gasteiger partial charge in [0.05, 0.1) is 0 Å². The summed E-state index contributed by atoms with van der Waals surface area (Å²) >= 11 is 5.29. The van der Waals surface area contributed by atoms with E-state index in [0.29, 0.717) is 6.04 Å². The van der Waals surface area contributed by atoms with Gasteiger partial charge < -0.3 is 15.5 Å². The van der Waals surface area contributed by atoms with Crippen LogP contribution >= 0.6 is 12.2 Å². The summed E-state index contributed by atoms with van der Waals surface area (Å²) in [5.74, 6) is 0. The zero-order valence-electron chi connectivity index (χ0n) is 10.6. The molecule has 0 radical (unpaired) electrons. The first-order valence-corrected chi connectivity index (χ1v) is 6.78. The number of nitrogens with zero attached hydrogens (tertiary/aromatic N) is 1. The van der Waals surface area contributed by atoms with Crippen molar-refractivity contribution in [2.75, 3.05) is 27.2 Å². The second-order valence-electron chi connectivity index (χ2n) is 4.89. The summed E-state index contributed by atoms with van der Waals surface area (Å²) in [6.07, 6.45) is 8.01. The fourth-order valence-corrected chi connectivity index (χ4v) is 2.32. The predicted molar refractivity (Wildman–Crippen MR) is 73.8 cm³/mol. The maximum Gasteiger partial charge on any atom is 0.166 e. The van der Waals surface area contributed by atoms with E-state index in [2.05, 4.69) is 29.6 Å². The van der Waals surface area contributed by atoms with E-state index in [1.165, 1.54) is 38.5 Å². The normalized spacial score (nSPS) is 18.2. The minimum Gasteiger partial charge on any atom is -0.361 e. The van der Waals surface area contributed by atoms with Crippen LogP contribution in [0, 0.1) is 0 Å². The Morgan fingerprint density at radius 1 is 1.19 bits per heavy atom. The van der Waals surface area contributed by atoms with Gasteiger partial charge in [-0.05, 0) is 39.2 Å². The number of hydrogen-bond acceptors (Lipinski definition) is 2. The summed E-state index contributed by atoms with van der Waals surface area (Å²) in [5.41, 5.74) is 0. The van der Waals surface area contributed by atoms with Crippen molar-refractivity contribution in [1.29, 1.82) is 0 Å². The van der Waals surface area contributed by atoms with E-state index in [1.54, 1.807) is 0 Å². The van der Waals surface area contributed by atoms with Crippen LogP contribution in [0.5, 0.6) is 0 Å². The molecule has 4 heteroatoms. The van der Waals surface area contributed by atoms with E-state index in [-0.39, 0.29) is 0 Å². The van der Waals surface area contributed by atoms with Gasteiger partial charge >= 0.3 is 0 Å². The maximum atomic E-state index is 5.29. The molecular formula is C12H25N3S. The molecule has 0 aliphatic heterocycles. The van der Waals surface area contributed by atoms with Crippen LogP contribution < -0.4 is 10.6 Å². The molecule has 0 heterocycles. The molecule has 0 aromatic rings. The summed E-state index contributed by atoms with van der Waals surface area (Å²) in [5, 5.41) is 7.52. The first-order chi connectivity index (χ1) is 7.68. The minimum atomic E-state index is 0.599. The van der Waals surface area contributed by atoms with Gasteiger partial charge in [0.25, 0.3) is 0 Å². The van der Waals surface area contributed by atoms with Crippen LogP contribution in [0.2, 0.25) is 0 Å². The van der Waals surface area contributed by atoms with Crippen molar-refractivity contribution < 1.29 is 0 Å². The van der Waals surface area contributed by atoms with Gasteiger partial charge in [-0.3, -0.25) is 0 Å². The molecule has 94 valence electrons. The Bertz CT molecular complexity index is 198. The molecule has 0 amide bonds. The largest absolute Gasteiger partial charge is 0.361 e. The van der Waals surface area contributed by atoms with Crippen molar-refractivity contribution in [1.82, 2.24) is 15.5 Å². The Hall–Kier alpha value is -0.350. The van der Waals surface area contributed by atoms with Crippen LogP contribution in [0.15, 0.2) is 0 Å². The monoisotopic (exact) mass is 243 g/mol. The Kier molecular flexibility index (Phi) is 6.73. The first kappa shape index (κ1) is 13.7. The summed E-state index contributed by atoms with van der Waals surface area (Å²) in [6.45, 7) is 1.94. The van der Waals surface area contributed by atoms with Crippen molar-refractivity contribution in [3.63, 3.8) is 0 Å². The van der Waals surface area contributed by atoms with Crippen LogP contribution in [-0.4, -0.2) is 43.2 Å². The molecule has 1 aliphatic rings. The lowest BCUT2D eigenvalue weighted by Crippen LogP contribution is -2.43. The quantitative estimate of drug-likeness (QED) is 0.581. The molecule has 16 heavy (non-hydrogen) atoms. The van der Waals surface area contributed by atoms with Crippen molar-refractivity contribution in [3.8, 4) is 0 Å². The van der Waals surface area contributed by atoms with E-state index < -0.39 is 0 Å². The molecule has 0 bridgehead atoms. The highest BCUT2D eigenvalue weighted by Crippen LogP contribution is 2.16. The summed E-state index contributed by atoms with van der Waals surface area (Å²) in [6, 6.07) is 0.599. The zero-order chi connectivity index (χ0) is 11.8. The highest BCUT2D eigenvalue weighted by molar-refractivity contribution is 7.80. The van der Waals surface area contributed by atoms with E-state index in [4.69, 9.17) is 12.2 Å². The molecule has 1 aliphatic carbocycles. The first-order valence-electron chi connectivity index (χ1n) is 6.37. The third-order valence-corrected chi connectivity index (χ3v) is 3.30. The second-order valence-corrected chi connectivity index (χ2v) is 5.30. The van der Waals surface area contributed by atoms with Gasteiger partial charge in [0.1, 0.15) is 0 Å². The fourth-order valence-electron chi connectivity index (χ4n) is 2.05. The molecule has 1 fully saturated rings. The van der Waals surface area contributed by atoms with Crippen LogP contribution in [0.1, 0.15) is 38.5 Å². The average molecular weight is 243 g/mol. The molecule has 0 atom stereocenters. The molecule has 0 unspecified atom stereocenters. The molecule has 3 nitrogen and oxygen atoms in total. The highest BCUT2D eigenvalue weighted by atomic mass is 32.1. The lowest BCUT2D eigenvalue weighted by Gasteiger charge is -2.19. The van der Waals surface area contributed by atoms with Crippen molar-refractivity contribution >= 4 is 17.3 Å². The Balaban J connectivity index is 2.12. The van der Waals surface area contributed by atoms with Gasteiger partial charge in [-0.25, -0.2) is 0 Å². The predicted octanol–water partition coefficient (Wildman–Crippen LogP) is 1.73. The van der Waals surface area contributed by atoms with Crippen molar-refractivity contribution in [2.24, 2.45) is 0 Å². The third kappa shape index (κ3) is 6.28. The molecule has 0 aromatic carbocycles. The van der Waals surface area contributed by atoms with Gasteiger partial charge in [-0.15, -0.1) is 0 Å². The molecule has 0 aromatic heterocycles. The van der Waals surface area contributed by atoms with Gasteiger partial charge in [-0.2, -0.15) is 0 Å².